The van der Waals surface area contributed by atoms with Crippen molar-refractivity contribution in [1.82, 2.24) is 0 Å². The fraction of sp³-hybridized carbons (Fsp3) is 0.488. The number of aryl methyl sites for hydroxylation is 3. The first-order valence-electron chi connectivity index (χ1n) is 17.0. The molecule has 3 heteroatoms. The molecule has 3 unspecified atom stereocenters. The topological polar surface area (TPSA) is 51.2 Å². The van der Waals surface area contributed by atoms with Gasteiger partial charge < -0.3 is 0 Å². The first-order valence-corrected chi connectivity index (χ1v) is 17.0. The van der Waals surface area contributed by atoms with Crippen LogP contribution in [0.5, 0.6) is 0 Å². The normalized spacial score (nSPS) is 15.5. The molecule has 3 aromatic carbocycles. The van der Waals surface area contributed by atoms with Crippen molar-refractivity contribution >= 4 is 17.3 Å². The largest absolute Gasteiger partial charge is 0.300 e. The molecule has 1 aliphatic rings. The van der Waals surface area contributed by atoms with Crippen LogP contribution in [0.3, 0.4) is 0 Å². The molecule has 0 saturated heterocycles. The predicted octanol–water partition coefficient (Wildman–Crippen LogP) is 10.4. The summed E-state index contributed by atoms with van der Waals surface area (Å²) in [6.07, 6.45) is 9.39. The lowest BCUT2D eigenvalue weighted by Crippen LogP contribution is -2.30. The summed E-state index contributed by atoms with van der Waals surface area (Å²) in [5.41, 5.74) is 8.17. The number of hydrogen-bond donors (Lipinski definition) is 0. The zero-order valence-corrected chi connectivity index (χ0v) is 28.1. The highest BCUT2D eigenvalue weighted by atomic mass is 16.1. The second-order valence-electron chi connectivity index (χ2n) is 12.9. The third-order valence-corrected chi connectivity index (χ3v) is 8.92. The van der Waals surface area contributed by atoms with Gasteiger partial charge in [0.25, 0.3) is 0 Å². The lowest BCUT2D eigenvalue weighted by atomic mass is 9.71. The van der Waals surface area contributed by atoms with Gasteiger partial charge in [0.15, 0.2) is 5.78 Å². The van der Waals surface area contributed by atoms with Crippen molar-refractivity contribution in [3.63, 3.8) is 0 Å². The van der Waals surface area contributed by atoms with Gasteiger partial charge in [-0.1, -0.05) is 114 Å². The van der Waals surface area contributed by atoms with E-state index in [2.05, 4.69) is 94.4 Å². The van der Waals surface area contributed by atoms with Crippen LogP contribution in [0.15, 0.2) is 66.7 Å². The van der Waals surface area contributed by atoms with Crippen molar-refractivity contribution in [1.29, 1.82) is 0 Å². The molecule has 0 bridgehead atoms. The molecule has 0 radical (unpaired) electrons. The molecular formula is C41H54O3. The molecule has 4 rings (SSSR count). The summed E-state index contributed by atoms with van der Waals surface area (Å²) in [6.45, 7) is 12.0. The number of carbonyl (C=O) groups is 3. The van der Waals surface area contributed by atoms with E-state index in [-0.39, 0.29) is 41.5 Å². The smallest absolute Gasteiger partial charge is 0.163 e. The third-order valence-electron chi connectivity index (χ3n) is 8.92. The molecule has 3 nitrogen and oxygen atoms in total. The average molecular weight is 595 g/mol. The average Bonchev–Trinajstić information content (AvgIpc) is 2.98. The molecule has 3 aromatic rings. The molecule has 1 aliphatic carbocycles. The molecule has 0 heterocycles. The Morgan fingerprint density at radius 1 is 0.864 bits per heavy atom. The minimum absolute atomic E-state index is 0.0240. The van der Waals surface area contributed by atoms with Crippen LogP contribution in [-0.2, 0) is 28.9 Å². The standard InChI is InChI=1S/C38H46O3.C3H8/c1-5-12-31(33(6-2)36(40)21-27(4)39)23-30-24-35-34(20-19-26(3)38(35)37(41)25-30)32-18-11-17-29(22-32)16-10-15-28-13-8-7-9-14-28;1-3-2/h7-9,11,13-14,17-20,22,30-31,33H,5-6,10,12,15-16,21,23-25H2,1-4H3;3H2,1-2H3. The molecule has 0 saturated carbocycles. The van der Waals surface area contributed by atoms with Crippen molar-refractivity contribution in [2.75, 3.05) is 0 Å². The number of Topliss-reactive ketones (excluding diaryl/α,β-unsaturated/α-hetero) is 3. The summed E-state index contributed by atoms with van der Waals surface area (Å²) in [6, 6.07) is 23.8. The Morgan fingerprint density at radius 2 is 1.55 bits per heavy atom. The van der Waals surface area contributed by atoms with Crippen LogP contribution in [0.25, 0.3) is 11.1 Å². The fourth-order valence-electron chi connectivity index (χ4n) is 7.05. The van der Waals surface area contributed by atoms with Gasteiger partial charge in [-0.15, -0.1) is 0 Å². The van der Waals surface area contributed by atoms with Crippen molar-refractivity contribution in [3.8, 4) is 11.1 Å². The maximum Gasteiger partial charge on any atom is 0.163 e. The van der Waals surface area contributed by atoms with E-state index in [9.17, 15) is 14.4 Å². The van der Waals surface area contributed by atoms with Gasteiger partial charge in [0, 0.05) is 17.9 Å². The van der Waals surface area contributed by atoms with E-state index in [1.165, 1.54) is 41.2 Å². The highest BCUT2D eigenvalue weighted by molar-refractivity contribution is 6.02. The molecule has 0 amide bonds. The van der Waals surface area contributed by atoms with Crippen LogP contribution in [0.2, 0.25) is 0 Å². The number of fused-ring (bicyclic) bond motifs is 1. The molecule has 0 spiro atoms. The minimum atomic E-state index is -0.111. The van der Waals surface area contributed by atoms with E-state index < -0.39 is 0 Å². The van der Waals surface area contributed by atoms with Gasteiger partial charge >= 0.3 is 0 Å². The number of hydrogen-bond acceptors (Lipinski definition) is 3. The maximum atomic E-state index is 13.6. The first kappa shape index (κ1) is 35.2. The molecular weight excluding hydrogens is 540 g/mol. The predicted molar refractivity (Wildman–Crippen MR) is 184 cm³/mol. The molecule has 3 atom stereocenters. The highest BCUT2D eigenvalue weighted by Crippen LogP contribution is 2.40. The van der Waals surface area contributed by atoms with Crippen LogP contribution in [0, 0.1) is 24.7 Å². The van der Waals surface area contributed by atoms with Crippen LogP contribution in [0.4, 0.5) is 0 Å². The summed E-state index contributed by atoms with van der Waals surface area (Å²) in [5.74, 6) is 0.542. The van der Waals surface area contributed by atoms with Crippen LogP contribution >= 0.6 is 0 Å². The Balaban J connectivity index is 0.00000169. The van der Waals surface area contributed by atoms with E-state index in [1.54, 1.807) is 0 Å². The van der Waals surface area contributed by atoms with E-state index in [1.807, 2.05) is 6.92 Å². The van der Waals surface area contributed by atoms with E-state index in [0.717, 1.165) is 62.5 Å². The quantitative estimate of drug-likeness (QED) is 0.174. The van der Waals surface area contributed by atoms with Gasteiger partial charge in [0.1, 0.15) is 11.6 Å². The van der Waals surface area contributed by atoms with Crippen molar-refractivity contribution in [2.45, 2.75) is 112 Å². The third kappa shape index (κ3) is 9.84. The zero-order chi connectivity index (χ0) is 32.1. The molecule has 0 aromatic heterocycles. The highest BCUT2D eigenvalue weighted by Gasteiger charge is 2.34. The monoisotopic (exact) mass is 594 g/mol. The number of rotatable bonds is 14. The first-order chi connectivity index (χ1) is 21.2. The second kappa shape index (κ2) is 17.8. The van der Waals surface area contributed by atoms with Gasteiger partial charge in [0.05, 0.1) is 6.42 Å². The molecule has 0 aliphatic heterocycles. The number of benzene rings is 3. The maximum absolute atomic E-state index is 13.6. The molecule has 236 valence electrons. The van der Waals surface area contributed by atoms with Crippen LogP contribution in [-0.4, -0.2) is 17.3 Å². The van der Waals surface area contributed by atoms with E-state index in [0.29, 0.717) is 6.42 Å². The van der Waals surface area contributed by atoms with Crippen LogP contribution in [0.1, 0.15) is 119 Å². The molecule has 0 N–H and O–H groups in total. The van der Waals surface area contributed by atoms with Crippen molar-refractivity contribution in [2.24, 2.45) is 17.8 Å². The summed E-state index contributed by atoms with van der Waals surface area (Å²) in [5, 5.41) is 0. The molecule has 44 heavy (non-hydrogen) atoms. The Bertz CT molecular complexity index is 1370. The Morgan fingerprint density at radius 3 is 2.20 bits per heavy atom. The van der Waals surface area contributed by atoms with E-state index in [4.69, 9.17) is 0 Å². The SMILES string of the molecule is CCC.CCCC(CC1CC(=O)c2c(C)ccc(-c3cccc(CCCc4ccccc4)c3)c2C1)C(CC)C(=O)CC(C)=O. The van der Waals surface area contributed by atoms with Crippen molar-refractivity contribution in [3.05, 3.63) is 94.5 Å². The lowest BCUT2D eigenvalue weighted by Gasteiger charge is -2.32. The summed E-state index contributed by atoms with van der Waals surface area (Å²) < 4.78 is 0. The molecule has 0 fully saturated rings. The van der Waals surface area contributed by atoms with E-state index >= 15 is 0 Å². The number of ketones is 3. The fourth-order valence-corrected chi connectivity index (χ4v) is 7.05. The van der Waals surface area contributed by atoms with Gasteiger partial charge in [-0.3, -0.25) is 14.4 Å². The van der Waals surface area contributed by atoms with Gasteiger partial charge in [-0.2, -0.15) is 0 Å². The van der Waals surface area contributed by atoms with Gasteiger partial charge in [-0.25, -0.2) is 0 Å². The second-order valence-corrected chi connectivity index (χ2v) is 12.9. The Kier molecular flexibility index (Phi) is 14.2. The summed E-state index contributed by atoms with van der Waals surface area (Å²) in [7, 11) is 0. The number of carbonyl (C=O) groups excluding carboxylic acids is 3. The van der Waals surface area contributed by atoms with Crippen molar-refractivity contribution < 1.29 is 14.4 Å². The zero-order valence-electron chi connectivity index (χ0n) is 28.1. The van der Waals surface area contributed by atoms with Crippen LogP contribution < -0.4 is 0 Å². The Labute approximate surface area is 266 Å². The Hall–Kier alpha value is -3.33. The lowest BCUT2D eigenvalue weighted by molar-refractivity contribution is -0.129. The van der Waals surface area contributed by atoms with Gasteiger partial charge in [0.2, 0.25) is 0 Å². The van der Waals surface area contributed by atoms with Gasteiger partial charge in [-0.05, 0) is 97.6 Å². The minimum Gasteiger partial charge on any atom is -0.300 e. The summed E-state index contributed by atoms with van der Waals surface area (Å²) >= 11 is 0. The summed E-state index contributed by atoms with van der Waals surface area (Å²) in [4.78, 5) is 38.3.